The summed E-state index contributed by atoms with van der Waals surface area (Å²) in [5, 5.41) is 4.22. The van der Waals surface area contributed by atoms with Crippen molar-refractivity contribution in [1.29, 1.82) is 0 Å². The van der Waals surface area contributed by atoms with Crippen molar-refractivity contribution in [2.24, 2.45) is 5.73 Å². The van der Waals surface area contributed by atoms with Crippen LogP contribution in [-0.2, 0) is 12.8 Å². The third-order valence-electron chi connectivity index (χ3n) is 2.85. The van der Waals surface area contributed by atoms with E-state index in [4.69, 9.17) is 17.3 Å². The van der Waals surface area contributed by atoms with Crippen molar-refractivity contribution in [2.45, 2.75) is 32.2 Å². The fourth-order valence-corrected chi connectivity index (χ4v) is 2.73. The van der Waals surface area contributed by atoms with E-state index in [0.717, 1.165) is 29.0 Å². The van der Waals surface area contributed by atoms with Gasteiger partial charge in [0, 0.05) is 6.04 Å². The van der Waals surface area contributed by atoms with Gasteiger partial charge in [0.15, 0.2) is 0 Å². The van der Waals surface area contributed by atoms with Gasteiger partial charge >= 0.3 is 0 Å². The van der Waals surface area contributed by atoms with Crippen LogP contribution in [0.4, 0.5) is 4.39 Å². The summed E-state index contributed by atoms with van der Waals surface area (Å²) >= 11 is 6.98. The molecule has 6 heteroatoms. The first-order valence-corrected chi connectivity index (χ1v) is 7.27. The van der Waals surface area contributed by atoms with E-state index in [1.54, 1.807) is 12.1 Å². The fraction of sp³-hybridized carbons (Fsp3) is 0.385. The Morgan fingerprint density at radius 3 is 2.95 bits per heavy atom. The molecule has 1 aromatic heterocycles. The summed E-state index contributed by atoms with van der Waals surface area (Å²) in [4.78, 5) is 0.984. The second-order valence-electron chi connectivity index (χ2n) is 4.39. The van der Waals surface area contributed by atoms with Crippen LogP contribution in [0.1, 0.15) is 35.5 Å². The van der Waals surface area contributed by atoms with Gasteiger partial charge < -0.3 is 5.73 Å². The van der Waals surface area contributed by atoms with Crippen LogP contribution in [0.2, 0.25) is 5.02 Å². The standard InChI is InChI=1S/C13H15ClFN3S/c1-2-3-12-13(19-18-17-12)11(16)7-8-4-5-9(14)10(15)6-8/h4-6,11H,2-3,7,16H2,1H3. The lowest BCUT2D eigenvalue weighted by Crippen LogP contribution is -2.14. The third-order valence-corrected chi connectivity index (χ3v) is 4.05. The van der Waals surface area contributed by atoms with Crippen molar-refractivity contribution in [2.75, 3.05) is 0 Å². The summed E-state index contributed by atoms with van der Waals surface area (Å²) in [5.74, 6) is -0.414. The maximum atomic E-state index is 13.4. The van der Waals surface area contributed by atoms with Gasteiger partial charge in [-0.2, -0.15) is 0 Å². The zero-order chi connectivity index (χ0) is 13.8. The van der Waals surface area contributed by atoms with E-state index in [9.17, 15) is 4.39 Å². The number of halogens is 2. The molecule has 0 saturated heterocycles. The van der Waals surface area contributed by atoms with E-state index in [-0.39, 0.29) is 11.1 Å². The smallest absolute Gasteiger partial charge is 0.142 e. The van der Waals surface area contributed by atoms with Crippen molar-refractivity contribution >= 4 is 23.1 Å². The number of nitrogens with two attached hydrogens (primary N) is 1. The number of benzene rings is 1. The molecule has 0 bridgehead atoms. The van der Waals surface area contributed by atoms with E-state index < -0.39 is 5.82 Å². The van der Waals surface area contributed by atoms with Gasteiger partial charge in [0.1, 0.15) is 5.82 Å². The van der Waals surface area contributed by atoms with Crippen molar-refractivity contribution < 1.29 is 4.39 Å². The Labute approximate surface area is 120 Å². The minimum absolute atomic E-state index is 0.128. The minimum Gasteiger partial charge on any atom is -0.323 e. The highest BCUT2D eigenvalue weighted by Crippen LogP contribution is 2.24. The molecule has 1 heterocycles. The Kier molecular flexibility index (Phi) is 4.85. The SMILES string of the molecule is CCCc1nnsc1C(N)Cc1ccc(Cl)c(F)c1. The van der Waals surface area contributed by atoms with Crippen LogP contribution < -0.4 is 5.73 Å². The Balaban J connectivity index is 2.13. The summed E-state index contributed by atoms with van der Waals surface area (Å²) in [7, 11) is 0. The first kappa shape index (κ1) is 14.4. The van der Waals surface area contributed by atoms with Crippen LogP contribution in [-0.4, -0.2) is 9.59 Å². The van der Waals surface area contributed by atoms with E-state index in [0.29, 0.717) is 6.42 Å². The molecule has 0 aliphatic heterocycles. The van der Waals surface area contributed by atoms with Crippen LogP contribution in [0.15, 0.2) is 18.2 Å². The molecule has 0 spiro atoms. The quantitative estimate of drug-likeness (QED) is 0.919. The Morgan fingerprint density at radius 1 is 1.47 bits per heavy atom. The average molecular weight is 300 g/mol. The third kappa shape index (κ3) is 3.49. The highest BCUT2D eigenvalue weighted by molar-refractivity contribution is 7.05. The second-order valence-corrected chi connectivity index (χ2v) is 5.59. The number of rotatable bonds is 5. The fourth-order valence-electron chi connectivity index (χ4n) is 1.92. The van der Waals surface area contributed by atoms with Crippen LogP contribution in [0.25, 0.3) is 0 Å². The molecule has 19 heavy (non-hydrogen) atoms. The second kappa shape index (κ2) is 6.41. The largest absolute Gasteiger partial charge is 0.323 e. The average Bonchev–Trinajstić information content (AvgIpc) is 2.83. The van der Waals surface area contributed by atoms with Gasteiger partial charge in [-0.25, -0.2) is 4.39 Å². The predicted molar refractivity (Wildman–Crippen MR) is 75.9 cm³/mol. The minimum atomic E-state index is -0.414. The van der Waals surface area contributed by atoms with Crippen LogP contribution in [0, 0.1) is 5.82 Å². The molecule has 0 saturated carbocycles. The zero-order valence-electron chi connectivity index (χ0n) is 10.6. The summed E-state index contributed by atoms with van der Waals surface area (Å²) in [6, 6.07) is 4.56. The van der Waals surface area contributed by atoms with Gasteiger partial charge in [0.2, 0.25) is 0 Å². The molecule has 0 radical (unpaired) electrons. The molecule has 102 valence electrons. The van der Waals surface area contributed by atoms with E-state index in [1.807, 2.05) is 0 Å². The molecule has 0 amide bonds. The van der Waals surface area contributed by atoms with Gasteiger partial charge in [-0.05, 0) is 42.1 Å². The van der Waals surface area contributed by atoms with Crippen LogP contribution >= 0.6 is 23.1 Å². The van der Waals surface area contributed by atoms with Crippen molar-refractivity contribution in [1.82, 2.24) is 9.59 Å². The lowest BCUT2D eigenvalue weighted by Gasteiger charge is -2.11. The molecular formula is C13H15ClFN3S. The molecule has 0 aliphatic rings. The van der Waals surface area contributed by atoms with Gasteiger partial charge in [-0.15, -0.1) is 5.10 Å². The van der Waals surface area contributed by atoms with Gasteiger partial charge in [0.25, 0.3) is 0 Å². The molecule has 1 atom stereocenters. The first-order chi connectivity index (χ1) is 9.11. The maximum Gasteiger partial charge on any atom is 0.142 e. The molecule has 2 rings (SSSR count). The Bertz CT molecular complexity index is 559. The molecule has 0 aliphatic carbocycles. The molecule has 2 aromatic rings. The maximum absolute atomic E-state index is 13.4. The normalized spacial score (nSPS) is 12.6. The van der Waals surface area contributed by atoms with Gasteiger partial charge in [-0.1, -0.05) is 35.5 Å². The van der Waals surface area contributed by atoms with Crippen LogP contribution in [0.3, 0.4) is 0 Å². The molecular weight excluding hydrogens is 285 g/mol. The van der Waals surface area contributed by atoms with Gasteiger partial charge in [-0.3, -0.25) is 0 Å². The summed E-state index contributed by atoms with van der Waals surface area (Å²) in [6.07, 6.45) is 2.42. The van der Waals surface area contributed by atoms with E-state index in [2.05, 4.69) is 16.5 Å². The lowest BCUT2D eigenvalue weighted by molar-refractivity contribution is 0.622. The Morgan fingerprint density at radius 2 is 2.26 bits per heavy atom. The number of hydrogen-bond donors (Lipinski definition) is 1. The molecule has 3 nitrogen and oxygen atoms in total. The van der Waals surface area contributed by atoms with Gasteiger partial charge in [0.05, 0.1) is 15.6 Å². The molecule has 2 N–H and O–H groups in total. The molecule has 0 fully saturated rings. The van der Waals surface area contributed by atoms with Crippen molar-refractivity contribution in [3.63, 3.8) is 0 Å². The monoisotopic (exact) mass is 299 g/mol. The molecule has 1 aromatic carbocycles. The highest BCUT2D eigenvalue weighted by atomic mass is 35.5. The van der Waals surface area contributed by atoms with E-state index in [1.165, 1.54) is 17.6 Å². The van der Waals surface area contributed by atoms with Crippen molar-refractivity contribution in [3.8, 4) is 0 Å². The summed E-state index contributed by atoms with van der Waals surface area (Å²) in [5.41, 5.74) is 7.94. The molecule has 1 unspecified atom stereocenters. The lowest BCUT2D eigenvalue weighted by atomic mass is 10.0. The Hall–Kier alpha value is -1.04. The van der Waals surface area contributed by atoms with Crippen molar-refractivity contribution in [3.05, 3.63) is 45.2 Å². The number of aromatic nitrogens is 2. The highest BCUT2D eigenvalue weighted by Gasteiger charge is 2.16. The van der Waals surface area contributed by atoms with E-state index >= 15 is 0 Å². The van der Waals surface area contributed by atoms with Crippen LogP contribution in [0.5, 0.6) is 0 Å². The predicted octanol–water partition coefficient (Wildman–Crippen LogP) is 3.53. The number of nitrogens with zero attached hydrogens (tertiary/aromatic N) is 2. The summed E-state index contributed by atoms with van der Waals surface area (Å²) < 4.78 is 17.3. The topological polar surface area (TPSA) is 51.8 Å². The number of aryl methyl sites for hydroxylation is 1. The number of hydrogen-bond acceptors (Lipinski definition) is 4. The summed E-state index contributed by atoms with van der Waals surface area (Å²) in [6.45, 7) is 2.09. The first-order valence-electron chi connectivity index (χ1n) is 6.12. The zero-order valence-corrected chi connectivity index (χ0v) is 12.1.